The van der Waals surface area contributed by atoms with Gasteiger partial charge < -0.3 is 4.74 Å². The largest absolute Gasteiger partial charge is 0.444 e. The summed E-state index contributed by atoms with van der Waals surface area (Å²) in [7, 11) is -1.92. The zero-order valence-electron chi connectivity index (χ0n) is 18.8. The number of para-hydroxylation sites is 1. The minimum absolute atomic E-state index is 0.127. The highest BCUT2D eigenvalue weighted by Crippen LogP contribution is 2.30. The van der Waals surface area contributed by atoms with Crippen LogP contribution in [0.3, 0.4) is 0 Å². The van der Waals surface area contributed by atoms with Crippen molar-refractivity contribution < 1.29 is 9.53 Å². The van der Waals surface area contributed by atoms with E-state index < -0.39 is 8.07 Å². The van der Waals surface area contributed by atoms with Crippen molar-refractivity contribution in [2.75, 3.05) is 4.90 Å². The average Bonchev–Trinajstić information content (AvgIpc) is 2.85. The summed E-state index contributed by atoms with van der Waals surface area (Å²) in [6, 6.07) is 33.4. The van der Waals surface area contributed by atoms with Gasteiger partial charge >= 0.3 is 6.09 Å². The number of fused-ring (bicyclic) bond motifs is 4. The van der Waals surface area contributed by atoms with E-state index in [1.807, 2.05) is 42.5 Å². The van der Waals surface area contributed by atoms with Crippen molar-refractivity contribution in [1.29, 1.82) is 0 Å². The molecule has 2 heterocycles. The zero-order chi connectivity index (χ0) is 22.6. The van der Waals surface area contributed by atoms with Crippen LogP contribution in [0.1, 0.15) is 5.56 Å². The highest BCUT2D eigenvalue weighted by Gasteiger charge is 2.47. The standard InChI is InChI=1S/C28H24BNO2Si/c1-33(2)25-17-9-7-14-22(25)29-21-13-6-8-15-23(21)30(24-16-10-18-26(33)27(24)29)28(31)32-19-20-11-4-3-5-12-20/h3-18H,19H2,1-2H3. The molecule has 0 radical (unpaired) electrons. The van der Waals surface area contributed by atoms with Crippen molar-refractivity contribution in [3.05, 3.63) is 103 Å². The Morgan fingerprint density at radius 3 is 2.21 bits per heavy atom. The average molecular weight is 445 g/mol. The molecule has 1 amide bonds. The number of anilines is 2. The van der Waals surface area contributed by atoms with E-state index in [-0.39, 0.29) is 19.4 Å². The van der Waals surface area contributed by atoms with Gasteiger partial charge in [-0.05, 0) is 28.6 Å². The van der Waals surface area contributed by atoms with Gasteiger partial charge in [0.15, 0.2) is 0 Å². The molecule has 2 aliphatic heterocycles. The van der Waals surface area contributed by atoms with Crippen LogP contribution in [0, 0.1) is 0 Å². The van der Waals surface area contributed by atoms with Gasteiger partial charge in [-0.1, -0.05) is 114 Å². The number of nitrogens with zero attached hydrogens (tertiary/aromatic N) is 1. The maximum Gasteiger partial charge on any atom is 0.419 e. The highest BCUT2D eigenvalue weighted by molar-refractivity contribution is 7.15. The molecule has 0 N–H and O–H groups in total. The van der Waals surface area contributed by atoms with Gasteiger partial charge in [0.25, 0.3) is 0 Å². The van der Waals surface area contributed by atoms with Gasteiger partial charge in [0.1, 0.15) is 14.7 Å². The lowest BCUT2D eigenvalue weighted by Gasteiger charge is -2.43. The van der Waals surface area contributed by atoms with Gasteiger partial charge in [-0.15, -0.1) is 0 Å². The smallest absolute Gasteiger partial charge is 0.419 e. The Labute approximate surface area is 195 Å². The van der Waals surface area contributed by atoms with Crippen LogP contribution in [0.2, 0.25) is 13.1 Å². The van der Waals surface area contributed by atoms with Crippen molar-refractivity contribution >= 4 is 59.0 Å². The molecule has 0 fully saturated rings. The number of ether oxygens (including phenoxy) is 1. The second-order valence-electron chi connectivity index (χ2n) is 9.32. The van der Waals surface area contributed by atoms with Crippen LogP contribution in [-0.2, 0) is 11.3 Å². The first-order chi connectivity index (χ1) is 16.1. The van der Waals surface area contributed by atoms with Gasteiger partial charge in [-0.25, -0.2) is 9.69 Å². The molecule has 0 saturated heterocycles. The molecule has 0 aliphatic carbocycles. The summed E-state index contributed by atoms with van der Waals surface area (Å²) in [6.07, 6.45) is -0.337. The van der Waals surface area contributed by atoms with Crippen LogP contribution >= 0.6 is 0 Å². The molecular weight excluding hydrogens is 421 g/mol. The Hall–Kier alpha value is -3.57. The molecule has 0 unspecified atom stereocenters. The summed E-state index contributed by atoms with van der Waals surface area (Å²) in [5.41, 5.74) is 6.63. The fraction of sp³-hybridized carbons (Fsp3) is 0.107. The summed E-state index contributed by atoms with van der Waals surface area (Å²) >= 11 is 0. The molecule has 4 aromatic rings. The van der Waals surface area contributed by atoms with Crippen molar-refractivity contribution in [3.8, 4) is 0 Å². The molecule has 4 aromatic carbocycles. The zero-order valence-corrected chi connectivity index (χ0v) is 19.8. The predicted octanol–water partition coefficient (Wildman–Crippen LogP) is 3.13. The van der Waals surface area contributed by atoms with Crippen LogP contribution in [-0.4, -0.2) is 20.9 Å². The maximum atomic E-state index is 13.5. The Morgan fingerprint density at radius 1 is 0.758 bits per heavy atom. The fourth-order valence-corrected chi connectivity index (χ4v) is 8.79. The summed E-state index contributed by atoms with van der Waals surface area (Å²) in [5.74, 6) is 0. The van der Waals surface area contributed by atoms with Crippen LogP contribution in [0.25, 0.3) is 0 Å². The molecule has 0 atom stereocenters. The SMILES string of the molecule is C[Si]1(C)c2ccccc2B2c3ccccc3N(C(=O)OCc3ccccc3)c3cccc1c32. The lowest BCUT2D eigenvalue weighted by molar-refractivity contribution is 0.150. The van der Waals surface area contributed by atoms with Crippen LogP contribution in [0.5, 0.6) is 0 Å². The van der Waals surface area contributed by atoms with E-state index in [0.29, 0.717) is 0 Å². The summed E-state index contributed by atoms with van der Waals surface area (Å²) in [4.78, 5) is 15.3. The van der Waals surface area contributed by atoms with E-state index in [2.05, 4.69) is 67.7 Å². The van der Waals surface area contributed by atoms with E-state index in [4.69, 9.17) is 4.74 Å². The Kier molecular flexibility index (Phi) is 4.56. The molecule has 0 saturated carbocycles. The first-order valence-electron chi connectivity index (χ1n) is 11.4. The van der Waals surface area contributed by atoms with Crippen LogP contribution in [0.4, 0.5) is 16.2 Å². The van der Waals surface area contributed by atoms with Crippen molar-refractivity contribution in [3.63, 3.8) is 0 Å². The van der Waals surface area contributed by atoms with E-state index in [1.165, 1.54) is 21.3 Å². The van der Waals surface area contributed by atoms with Gasteiger partial charge in [-0.2, -0.15) is 0 Å². The van der Waals surface area contributed by atoms with Crippen molar-refractivity contribution in [2.45, 2.75) is 19.7 Å². The molecule has 33 heavy (non-hydrogen) atoms. The molecule has 160 valence electrons. The Bertz CT molecular complexity index is 1390. The molecular formula is C28H24BNO2Si. The van der Waals surface area contributed by atoms with Gasteiger partial charge in [0.2, 0.25) is 6.71 Å². The second kappa shape index (κ2) is 7.49. The maximum absolute atomic E-state index is 13.5. The normalized spacial score (nSPS) is 14.7. The first kappa shape index (κ1) is 20.1. The number of rotatable bonds is 2. The van der Waals surface area contributed by atoms with E-state index >= 15 is 0 Å². The van der Waals surface area contributed by atoms with Crippen LogP contribution < -0.4 is 31.7 Å². The first-order valence-corrected chi connectivity index (χ1v) is 14.4. The molecule has 0 spiro atoms. The monoisotopic (exact) mass is 445 g/mol. The van der Waals surface area contributed by atoms with E-state index in [1.54, 1.807) is 4.90 Å². The van der Waals surface area contributed by atoms with Gasteiger partial charge in [0.05, 0.1) is 0 Å². The third-order valence-electron chi connectivity index (χ3n) is 7.11. The lowest BCUT2D eigenvalue weighted by atomic mass is 9.35. The Morgan fingerprint density at radius 2 is 1.39 bits per heavy atom. The van der Waals surface area contributed by atoms with Crippen molar-refractivity contribution in [2.24, 2.45) is 0 Å². The number of carbonyl (C=O) groups excluding carboxylic acids is 1. The third-order valence-corrected chi connectivity index (χ3v) is 10.7. The molecule has 0 bridgehead atoms. The summed E-state index contributed by atoms with van der Waals surface area (Å²) in [5, 5.41) is 2.88. The van der Waals surface area contributed by atoms with Crippen LogP contribution in [0.15, 0.2) is 97.1 Å². The molecule has 5 heteroatoms. The molecule has 0 aromatic heterocycles. The van der Waals surface area contributed by atoms with E-state index in [9.17, 15) is 4.79 Å². The third kappa shape index (κ3) is 3.00. The number of amides is 1. The molecule has 6 rings (SSSR count). The molecule has 3 nitrogen and oxygen atoms in total. The fourth-order valence-electron chi connectivity index (χ4n) is 5.58. The Balaban J connectivity index is 1.52. The highest BCUT2D eigenvalue weighted by atomic mass is 28.3. The number of hydrogen-bond acceptors (Lipinski definition) is 2. The van der Waals surface area contributed by atoms with Crippen molar-refractivity contribution in [1.82, 2.24) is 0 Å². The second-order valence-corrected chi connectivity index (χ2v) is 13.6. The number of hydrogen-bond donors (Lipinski definition) is 0. The minimum Gasteiger partial charge on any atom is -0.444 e. The minimum atomic E-state index is -1.92. The predicted molar refractivity (Wildman–Crippen MR) is 139 cm³/mol. The quantitative estimate of drug-likeness (QED) is 0.444. The number of benzene rings is 4. The molecule has 2 aliphatic rings. The summed E-state index contributed by atoms with van der Waals surface area (Å²) < 4.78 is 5.83. The topological polar surface area (TPSA) is 29.5 Å². The van der Waals surface area contributed by atoms with Gasteiger partial charge in [0, 0.05) is 11.4 Å². The number of carbonyl (C=O) groups is 1. The summed E-state index contributed by atoms with van der Waals surface area (Å²) in [6.45, 7) is 5.20. The lowest BCUT2D eigenvalue weighted by Crippen LogP contribution is -2.78. The van der Waals surface area contributed by atoms with E-state index in [0.717, 1.165) is 22.4 Å². The van der Waals surface area contributed by atoms with Gasteiger partial charge in [-0.3, -0.25) is 0 Å².